The number of carbonyl (C=O) groups excluding carboxylic acids is 1. The Morgan fingerprint density at radius 2 is 2.15 bits per heavy atom. The third kappa shape index (κ3) is 2.94. The van der Waals surface area contributed by atoms with Crippen LogP contribution in [0.3, 0.4) is 0 Å². The van der Waals surface area contributed by atoms with Gasteiger partial charge in [0, 0.05) is 24.4 Å². The van der Waals surface area contributed by atoms with Crippen LogP contribution in [-0.4, -0.2) is 26.9 Å². The molecule has 3 heterocycles. The summed E-state index contributed by atoms with van der Waals surface area (Å²) in [6, 6.07) is 9.60. The molecular weight excluding hydrogens is 346 g/mol. The Hall–Kier alpha value is -2.47. The van der Waals surface area contributed by atoms with Crippen molar-refractivity contribution in [3.8, 4) is 0 Å². The minimum Gasteiger partial charge on any atom is -0.335 e. The van der Waals surface area contributed by atoms with Crippen LogP contribution >= 0.6 is 11.3 Å². The predicted molar refractivity (Wildman–Crippen MR) is 103 cm³/mol. The SMILES string of the molecule is CCC1c2ccsc2CCN1C(=O)CCn1cnc2ccccc2c1=O. The number of carbonyl (C=O) groups is 1. The van der Waals surface area contributed by atoms with Crippen molar-refractivity contribution < 1.29 is 4.79 Å². The summed E-state index contributed by atoms with van der Waals surface area (Å²) in [4.78, 5) is 33.1. The van der Waals surface area contributed by atoms with Crippen molar-refractivity contribution in [1.82, 2.24) is 14.5 Å². The van der Waals surface area contributed by atoms with Gasteiger partial charge in [-0.05, 0) is 42.0 Å². The van der Waals surface area contributed by atoms with Gasteiger partial charge in [0.1, 0.15) is 0 Å². The van der Waals surface area contributed by atoms with E-state index in [4.69, 9.17) is 0 Å². The molecule has 1 unspecified atom stereocenters. The Morgan fingerprint density at radius 3 is 3.00 bits per heavy atom. The van der Waals surface area contributed by atoms with Crippen molar-refractivity contribution in [2.45, 2.75) is 38.8 Å². The molecule has 0 spiro atoms. The second-order valence-corrected chi connectivity index (χ2v) is 7.57. The lowest BCUT2D eigenvalue weighted by molar-refractivity contribution is -0.134. The molecule has 0 radical (unpaired) electrons. The molecule has 1 amide bonds. The van der Waals surface area contributed by atoms with E-state index in [-0.39, 0.29) is 17.5 Å². The molecule has 5 nitrogen and oxygen atoms in total. The number of para-hydroxylation sites is 1. The Morgan fingerprint density at radius 1 is 1.31 bits per heavy atom. The van der Waals surface area contributed by atoms with Crippen molar-refractivity contribution in [1.29, 1.82) is 0 Å². The lowest BCUT2D eigenvalue weighted by Crippen LogP contribution is -2.40. The van der Waals surface area contributed by atoms with Crippen LogP contribution in [0, 0.1) is 0 Å². The van der Waals surface area contributed by atoms with Crippen LogP contribution in [0.2, 0.25) is 0 Å². The third-order valence-electron chi connectivity index (χ3n) is 5.10. The maximum absolute atomic E-state index is 12.8. The highest BCUT2D eigenvalue weighted by molar-refractivity contribution is 7.10. The van der Waals surface area contributed by atoms with Gasteiger partial charge in [0.25, 0.3) is 5.56 Å². The highest BCUT2D eigenvalue weighted by atomic mass is 32.1. The van der Waals surface area contributed by atoms with E-state index in [1.54, 1.807) is 28.3 Å². The van der Waals surface area contributed by atoms with Crippen molar-refractivity contribution in [3.63, 3.8) is 0 Å². The first-order valence-electron chi connectivity index (χ1n) is 8.99. The predicted octanol–water partition coefficient (Wildman–Crippen LogP) is 3.38. The summed E-state index contributed by atoms with van der Waals surface area (Å²) in [6.07, 6.45) is 3.69. The van der Waals surface area contributed by atoms with Gasteiger partial charge in [-0.1, -0.05) is 19.1 Å². The molecule has 0 N–H and O–H groups in total. The van der Waals surface area contributed by atoms with Crippen molar-refractivity contribution in [3.05, 3.63) is 62.8 Å². The van der Waals surface area contributed by atoms with E-state index in [2.05, 4.69) is 23.4 Å². The van der Waals surface area contributed by atoms with Crippen molar-refractivity contribution >= 4 is 28.1 Å². The van der Waals surface area contributed by atoms with Crippen LogP contribution in [-0.2, 0) is 17.8 Å². The van der Waals surface area contributed by atoms with E-state index >= 15 is 0 Å². The molecule has 1 aromatic carbocycles. The second-order valence-electron chi connectivity index (χ2n) is 6.57. The quantitative estimate of drug-likeness (QED) is 0.710. The Labute approximate surface area is 155 Å². The van der Waals surface area contributed by atoms with Gasteiger partial charge < -0.3 is 4.90 Å². The minimum absolute atomic E-state index is 0.0887. The molecule has 134 valence electrons. The van der Waals surface area contributed by atoms with Crippen molar-refractivity contribution in [2.24, 2.45) is 0 Å². The number of benzene rings is 1. The monoisotopic (exact) mass is 367 g/mol. The largest absolute Gasteiger partial charge is 0.335 e. The van der Waals surface area contributed by atoms with Crippen LogP contribution in [0.5, 0.6) is 0 Å². The zero-order valence-electron chi connectivity index (χ0n) is 14.7. The van der Waals surface area contributed by atoms with E-state index in [1.165, 1.54) is 10.4 Å². The normalized spacial score (nSPS) is 16.7. The Kier molecular flexibility index (Phi) is 4.59. The molecular formula is C20H21N3O2S. The van der Waals surface area contributed by atoms with E-state index < -0.39 is 0 Å². The number of rotatable bonds is 4. The second kappa shape index (κ2) is 7.03. The summed E-state index contributed by atoms with van der Waals surface area (Å²) < 4.78 is 1.54. The number of hydrogen-bond donors (Lipinski definition) is 0. The Bertz CT molecular complexity index is 1010. The number of amides is 1. The van der Waals surface area contributed by atoms with Crippen LogP contribution in [0.15, 0.2) is 46.8 Å². The summed E-state index contributed by atoms with van der Waals surface area (Å²) >= 11 is 1.78. The van der Waals surface area contributed by atoms with Gasteiger partial charge in [-0.25, -0.2) is 4.98 Å². The van der Waals surface area contributed by atoms with Crippen LogP contribution in [0.1, 0.15) is 36.2 Å². The number of nitrogens with zero attached hydrogens (tertiary/aromatic N) is 3. The van der Waals surface area contributed by atoms with Gasteiger partial charge in [0.05, 0.1) is 23.3 Å². The highest BCUT2D eigenvalue weighted by Gasteiger charge is 2.29. The average molecular weight is 367 g/mol. The first-order valence-corrected chi connectivity index (χ1v) is 9.87. The van der Waals surface area contributed by atoms with Crippen LogP contribution in [0.4, 0.5) is 0 Å². The number of aromatic nitrogens is 2. The van der Waals surface area contributed by atoms with Gasteiger partial charge in [-0.3, -0.25) is 14.2 Å². The lowest BCUT2D eigenvalue weighted by atomic mass is 9.97. The fourth-order valence-corrected chi connectivity index (χ4v) is 4.69. The number of fused-ring (bicyclic) bond motifs is 2. The fraction of sp³-hybridized carbons (Fsp3) is 0.350. The summed E-state index contributed by atoms with van der Waals surface area (Å²) in [6.45, 7) is 3.24. The summed E-state index contributed by atoms with van der Waals surface area (Å²) in [5.74, 6) is 0.105. The maximum atomic E-state index is 12.8. The van der Waals surface area contributed by atoms with Crippen LogP contribution in [0.25, 0.3) is 10.9 Å². The molecule has 1 atom stereocenters. The number of thiophene rings is 1. The fourth-order valence-electron chi connectivity index (χ4n) is 3.76. The van der Waals surface area contributed by atoms with Gasteiger partial charge in [0.15, 0.2) is 0 Å². The molecule has 1 aliphatic rings. The summed E-state index contributed by atoms with van der Waals surface area (Å²) in [5, 5.41) is 2.71. The van der Waals surface area contributed by atoms with Crippen LogP contribution < -0.4 is 5.56 Å². The molecule has 1 aliphatic heterocycles. The maximum Gasteiger partial charge on any atom is 0.261 e. The molecule has 6 heteroatoms. The third-order valence-corrected chi connectivity index (χ3v) is 6.10. The highest BCUT2D eigenvalue weighted by Crippen LogP contribution is 2.35. The van der Waals surface area contributed by atoms with E-state index in [9.17, 15) is 9.59 Å². The van der Waals surface area contributed by atoms with Gasteiger partial charge in [-0.2, -0.15) is 0 Å². The van der Waals surface area contributed by atoms with Gasteiger partial charge in [-0.15, -0.1) is 11.3 Å². The minimum atomic E-state index is -0.0887. The first kappa shape index (κ1) is 17.0. The first-order chi connectivity index (χ1) is 12.7. The smallest absolute Gasteiger partial charge is 0.261 e. The van der Waals surface area contributed by atoms with E-state index in [0.29, 0.717) is 23.9 Å². The average Bonchev–Trinajstić information content (AvgIpc) is 3.15. The molecule has 0 fully saturated rings. The molecule has 26 heavy (non-hydrogen) atoms. The van der Waals surface area contributed by atoms with Gasteiger partial charge in [0.2, 0.25) is 5.91 Å². The zero-order chi connectivity index (χ0) is 18.1. The molecule has 4 rings (SSSR count). The van der Waals surface area contributed by atoms with Crippen molar-refractivity contribution in [2.75, 3.05) is 6.54 Å². The molecule has 0 bridgehead atoms. The topological polar surface area (TPSA) is 55.2 Å². The molecule has 2 aromatic heterocycles. The number of hydrogen-bond acceptors (Lipinski definition) is 4. The number of aryl methyl sites for hydroxylation is 1. The molecule has 0 saturated heterocycles. The zero-order valence-corrected chi connectivity index (χ0v) is 15.5. The van der Waals surface area contributed by atoms with Gasteiger partial charge >= 0.3 is 0 Å². The molecule has 3 aromatic rings. The van der Waals surface area contributed by atoms with E-state index in [0.717, 1.165) is 19.4 Å². The molecule has 0 aliphatic carbocycles. The summed E-state index contributed by atoms with van der Waals surface area (Å²) in [7, 11) is 0. The molecule has 0 saturated carbocycles. The van der Waals surface area contributed by atoms with E-state index in [1.807, 2.05) is 23.1 Å². The standard InChI is InChI=1S/C20H21N3O2S/c1-2-17-15-9-12-26-18(15)7-11-23(17)19(24)8-10-22-13-21-16-6-4-3-5-14(16)20(22)25/h3-6,9,12-13,17H,2,7-8,10-11H2,1H3. The lowest BCUT2D eigenvalue weighted by Gasteiger charge is -2.35. The Balaban J connectivity index is 1.51. The summed E-state index contributed by atoms with van der Waals surface area (Å²) in [5.41, 5.74) is 1.89.